The average molecular weight is 326 g/mol. The molecule has 1 atom stereocenters. The quantitative estimate of drug-likeness (QED) is 0.833. The van der Waals surface area contributed by atoms with Crippen LogP contribution in [-0.2, 0) is 16.4 Å². The molecule has 0 amide bonds. The molecule has 21 heavy (non-hydrogen) atoms. The summed E-state index contributed by atoms with van der Waals surface area (Å²) in [6.07, 6.45) is -5.88. The molecular formula is C12H17F3N2O3S. The van der Waals surface area contributed by atoms with E-state index >= 15 is 0 Å². The second kappa shape index (κ2) is 6.73. The Balaban J connectivity index is 2.79. The van der Waals surface area contributed by atoms with E-state index in [1.54, 1.807) is 6.92 Å². The summed E-state index contributed by atoms with van der Waals surface area (Å²) >= 11 is 0. The summed E-state index contributed by atoms with van der Waals surface area (Å²) < 4.78 is 64.1. The zero-order chi connectivity index (χ0) is 16.3. The van der Waals surface area contributed by atoms with Gasteiger partial charge in [0.2, 0.25) is 0 Å². The number of alkyl halides is 3. The zero-order valence-corrected chi connectivity index (χ0v) is 12.4. The first-order valence-electron chi connectivity index (χ1n) is 6.14. The van der Waals surface area contributed by atoms with Gasteiger partial charge in [0.1, 0.15) is 0 Å². The van der Waals surface area contributed by atoms with E-state index in [1.807, 2.05) is 0 Å². The highest BCUT2D eigenvalue weighted by Gasteiger charge is 2.31. The highest BCUT2D eigenvalue weighted by Crippen LogP contribution is 2.30. The van der Waals surface area contributed by atoms with Crippen molar-refractivity contribution in [2.75, 3.05) is 20.1 Å². The predicted molar refractivity (Wildman–Crippen MR) is 71.6 cm³/mol. The first-order chi connectivity index (χ1) is 9.58. The number of nitrogens with one attached hydrogen (secondary N) is 1. The zero-order valence-electron chi connectivity index (χ0n) is 11.6. The lowest BCUT2D eigenvalue weighted by atomic mass is 10.1. The molecule has 1 rings (SSSR count). The van der Waals surface area contributed by atoms with Gasteiger partial charge < -0.3 is 5.11 Å². The first-order valence-corrected chi connectivity index (χ1v) is 7.58. The Labute approximate surface area is 121 Å². The van der Waals surface area contributed by atoms with Crippen LogP contribution >= 0.6 is 0 Å². The van der Waals surface area contributed by atoms with Crippen LogP contribution in [-0.4, -0.2) is 38.0 Å². The Hall–Kier alpha value is -1.16. The van der Waals surface area contributed by atoms with Gasteiger partial charge >= 0.3 is 6.18 Å². The summed E-state index contributed by atoms with van der Waals surface area (Å²) in [5.74, 6) is 0. The summed E-state index contributed by atoms with van der Waals surface area (Å²) in [6, 6.07) is 4.14. The molecule has 2 N–H and O–H groups in total. The Bertz CT molecular complexity index is 575. The van der Waals surface area contributed by atoms with Crippen molar-refractivity contribution in [3.05, 3.63) is 35.4 Å². The monoisotopic (exact) mass is 326 g/mol. The second-order valence-corrected chi connectivity index (χ2v) is 6.27. The fourth-order valence-corrected chi connectivity index (χ4v) is 2.43. The molecule has 0 saturated carbocycles. The van der Waals surface area contributed by atoms with Crippen molar-refractivity contribution in [3.63, 3.8) is 0 Å². The molecule has 0 fully saturated rings. The number of aliphatic hydroxyl groups is 1. The van der Waals surface area contributed by atoms with Crippen LogP contribution in [0.15, 0.2) is 24.3 Å². The maximum atomic E-state index is 12.6. The van der Waals surface area contributed by atoms with Crippen molar-refractivity contribution in [3.8, 4) is 0 Å². The van der Waals surface area contributed by atoms with Gasteiger partial charge in [0.25, 0.3) is 10.2 Å². The highest BCUT2D eigenvalue weighted by molar-refractivity contribution is 7.87. The molecule has 0 aliphatic rings. The minimum absolute atomic E-state index is 0.00771. The summed E-state index contributed by atoms with van der Waals surface area (Å²) in [5, 5.41) is 9.82. The maximum Gasteiger partial charge on any atom is 0.416 e. The Morgan fingerprint density at radius 3 is 2.52 bits per heavy atom. The van der Waals surface area contributed by atoms with Crippen LogP contribution < -0.4 is 4.72 Å². The minimum atomic E-state index is -4.52. The van der Waals surface area contributed by atoms with Gasteiger partial charge in [0.15, 0.2) is 0 Å². The van der Waals surface area contributed by atoms with Crippen LogP contribution in [0.25, 0.3) is 0 Å². The van der Waals surface area contributed by atoms with Crippen LogP contribution in [0.2, 0.25) is 0 Å². The van der Waals surface area contributed by atoms with Gasteiger partial charge in [-0.3, -0.25) is 0 Å². The third-order valence-corrected chi connectivity index (χ3v) is 4.52. The number of hydrogen-bond donors (Lipinski definition) is 2. The summed E-state index contributed by atoms with van der Waals surface area (Å²) in [7, 11) is -2.40. The van der Waals surface area contributed by atoms with E-state index in [0.717, 1.165) is 22.5 Å². The van der Waals surface area contributed by atoms with Crippen LogP contribution in [0.4, 0.5) is 13.2 Å². The van der Waals surface area contributed by atoms with Gasteiger partial charge in [-0.1, -0.05) is 19.1 Å². The van der Waals surface area contributed by atoms with Gasteiger partial charge in [0.05, 0.1) is 11.7 Å². The van der Waals surface area contributed by atoms with Crippen LogP contribution in [0.5, 0.6) is 0 Å². The Morgan fingerprint density at radius 2 is 2.00 bits per heavy atom. The lowest BCUT2D eigenvalue weighted by Crippen LogP contribution is -2.39. The largest absolute Gasteiger partial charge is 0.416 e. The van der Waals surface area contributed by atoms with Crippen LogP contribution in [0.1, 0.15) is 24.2 Å². The van der Waals surface area contributed by atoms with Crippen molar-refractivity contribution in [1.29, 1.82) is 0 Å². The molecule has 0 unspecified atom stereocenters. The minimum Gasteiger partial charge on any atom is -0.387 e. The van der Waals surface area contributed by atoms with Gasteiger partial charge in [-0.05, 0) is 17.7 Å². The van der Waals surface area contributed by atoms with E-state index < -0.39 is 34.6 Å². The summed E-state index contributed by atoms with van der Waals surface area (Å²) in [4.78, 5) is 0. The average Bonchev–Trinajstić information content (AvgIpc) is 2.43. The van der Waals surface area contributed by atoms with Crippen molar-refractivity contribution in [2.24, 2.45) is 0 Å². The van der Waals surface area contributed by atoms with Gasteiger partial charge in [0, 0.05) is 20.1 Å². The molecule has 0 saturated heterocycles. The molecule has 0 aromatic heterocycles. The Kier molecular flexibility index (Phi) is 5.74. The molecule has 0 heterocycles. The normalized spacial score (nSPS) is 14.4. The van der Waals surface area contributed by atoms with Gasteiger partial charge in [-0.2, -0.15) is 30.6 Å². The van der Waals surface area contributed by atoms with E-state index in [4.69, 9.17) is 0 Å². The number of benzene rings is 1. The molecule has 0 radical (unpaired) electrons. The third-order valence-electron chi connectivity index (χ3n) is 2.91. The lowest BCUT2D eigenvalue weighted by Gasteiger charge is -2.18. The SMILES string of the molecule is CCN(C)S(=O)(=O)NC[C@@H](O)c1cccc(C(F)(F)F)c1. The topological polar surface area (TPSA) is 69.6 Å². The second-order valence-electron chi connectivity index (χ2n) is 4.41. The first kappa shape index (κ1) is 17.9. The molecule has 0 aliphatic carbocycles. The smallest absolute Gasteiger partial charge is 0.387 e. The number of aliphatic hydroxyl groups excluding tert-OH is 1. The van der Waals surface area contributed by atoms with E-state index in [9.17, 15) is 26.7 Å². The molecule has 1 aromatic rings. The molecule has 9 heteroatoms. The number of rotatable bonds is 6. The fourth-order valence-electron chi connectivity index (χ4n) is 1.50. The molecule has 0 aliphatic heterocycles. The Morgan fingerprint density at radius 1 is 1.38 bits per heavy atom. The predicted octanol–water partition coefficient (Wildman–Crippen LogP) is 1.52. The summed E-state index contributed by atoms with van der Waals surface area (Å²) in [6.45, 7) is 1.45. The van der Waals surface area contributed by atoms with Gasteiger partial charge in [-0.25, -0.2) is 0 Å². The van der Waals surface area contributed by atoms with Crippen LogP contribution in [0, 0.1) is 0 Å². The molecule has 5 nitrogen and oxygen atoms in total. The molecular weight excluding hydrogens is 309 g/mol. The van der Waals surface area contributed by atoms with E-state index in [2.05, 4.69) is 4.72 Å². The standard InChI is InChI=1S/C12H17F3N2O3S/c1-3-17(2)21(19,20)16-8-11(18)9-5-4-6-10(7-9)12(13,14)15/h4-7,11,16,18H,3,8H2,1-2H3/t11-/m1/s1. The molecule has 120 valence electrons. The van der Waals surface area contributed by atoms with E-state index in [-0.39, 0.29) is 12.1 Å². The van der Waals surface area contributed by atoms with Crippen LogP contribution in [0.3, 0.4) is 0 Å². The molecule has 0 bridgehead atoms. The lowest BCUT2D eigenvalue weighted by molar-refractivity contribution is -0.137. The van der Waals surface area contributed by atoms with Crippen molar-refractivity contribution >= 4 is 10.2 Å². The van der Waals surface area contributed by atoms with Crippen molar-refractivity contribution < 1.29 is 26.7 Å². The third kappa shape index (κ3) is 4.95. The highest BCUT2D eigenvalue weighted by atomic mass is 32.2. The molecule has 0 spiro atoms. The fraction of sp³-hybridized carbons (Fsp3) is 0.500. The van der Waals surface area contributed by atoms with Crippen molar-refractivity contribution in [1.82, 2.24) is 9.03 Å². The summed E-state index contributed by atoms with van der Waals surface area (Å²) in [5.41, 5.74) is -0.903. The number of nitrogens with zero attached hydrogens (tertiary/aromatic N) is 1. The van der Waals surface area contributed by atoms with E-state index in [0.29, 0.717) is 0 Å². The maximum absolute atomic E-state index is 12.6. The van der Waals surface area contributed by atoms with Crippen molar-refractivity contribution in [2.45, 2.75) is 19.2 Å². The molecule has 1 aromatic carbocycles. The number of halogens is 3. The van der Waals surface area contributed by atoms with Gasteiger partial charge in [-0.15, -0.1) is 0 Å². The number of hydrogen-bond acceptors (Lipinski definition) is 3. The van der Waals surface area contributed by atoms with E-state index in [1.165, 1.54) is 13.1 Å².